The monoisotopic (exact) mass is 330 g/mol. The van der Waals surface area contributed by atoms with Crippen LogP contribution in [0.3, 0.4) is 0 Å². The number of aromatic nitrogens is 1. The minimum absolute atomic E-state index is 0.0497. The fourth-order valence-electron chi connectivity index (χ4n) is 2.09. The summed E-state index contributed by atoms with van der Waals surface area (Å²) < 4.78 is 5.52. The first-order valence-corrected chi connectivity index (χ1v) is 8.78. The standard InChI is InChI=1S/C18H22N2O2S/c1-18(2,3)15-11-23-17(20-15)12-4-8-14(9-5-12)22-10-16(21)19-13-6-7-13/h4-5,8-9,11,13H,6-7,10H2,1-3H3,(H,19,21). The van der Waals surface area contributed by atoms with Crippen molar-refractivity contribution in [2.75, 3.05) is 6.61 Å². The van der Waals surface area contributed by atoms with Gasteiger partial charge >= 0.3 is 0 Å². The van der Waals surface area contributed by atoms with Crippen LogP contribution in [-0.4, -0.2) is 23.5 Å². The normalized spacial score (nSPS) is 14.6. The minimum atomic E-state index is -0.0497. The maximum Gasteiger partial charge on any atom is 0.258 e. The zero-order valence-electron chi connectivity index (χ0n) is 13.8. The molecule has 122 valence electrons. The first-order chi connectivity index (χ1) is 10.9. The molecule has 1 aliphatic rings. The molecule has 3 rings (SSSR count). The average Bonchev–Trinajstić information content (AvgIpc) is 3.16. The summed E-state index contributed by atoms with van der Waals surface area (Å²) in [7, 11) is 0. The Bertz CT molecular complexity index is 682. The molecule has 0 aliphatic heterocycles. The van der Waals surface area contributed by atoms with Gasteiger partial charge in [-0.25, -0.2) is 4.98 Å². The van der Waals surface area contributed by atoms with Gasteiger partial charge < -0.3 is 10.1 Å². The van der Waals surface area contributed by atoms with Crippen molar-refractivity contribution in [1.82, 2.24) is 10.3 Å². The molecule has 1 N–H and O–H groups in total. The van der Waals surface area contributed by atoms with E-state index in [0.29, 0.717) is 11.8 Å². The Balaban J connectivity index is 1.60. The summed E-state index contributed by atoms with van der Waals surface area (Å²) in [6.45, 7) is 6.56. The zero-order chi connectivity index (χ0) is 16.4. The summed E-state index contributed by atoms with van der Waals surface area (Å²) in [5, 5.41) is 6.03. The molecule has 1 amide bonds. The maximum atomic E-state index is 11.6. The van der Waals surface area contributed by atoms with Crippen molar-refractivity contribution in [2.24, 2.45) is 0 Å². The van der Waals surface area contributed by atoms with Gasteiger partial charge in [0.2, 0.25) is 0 Å². The van der Waals surface area contributed by atoms with E-state index in [1.807, 2.05) is 24.3 Å². The SMILES string of the molecule is CC(C)(C)c1csc(-c2ccc(OCC(=O)NC3CC3)cc2)n1. The Kier molecular flexibility index (Phi) is 4.39. The molecule has 0 spiro atoms. The highest BCUT2D eigenvalue weighted by molar-refractivity contribution is 7.13. The summed E-state index contributed by atoms with van der Waals surface area (Å²) in [6.07, 6.45) is 2.18. The number of benzene rings is 1. The smallest absolute Gasteiger partial charge is 0.258 e. The lowest BCUT2D eigenvalue weighted by Crippen LogP contribution is -2.30. The molecule has 2 aromatic rings. The quantitative estimate of drug-likeness (QED) is 0.908. The van der Waals surface area contributed by atoms with Crippen molar-refractivity contribution in [1.29, 1.82) is 0 Å². The van der Waals surface area contributed by atoms with Gasteiger partial charge in [-0.3, -0.25) is 4.79 Å². The maximum absolute atomic E-state index is 11.6. The molecule has 0 saturated heterocycles. The molecule has 0 bridgehead atoms. The van der Waals surface area contributed by atoms with Crippen LogP contribution in [0.4, 0.5) is 0 Å². The molecule has 0 atom stereocenters. The van der Waals surface area contributed by atoms with Gasteiger partial charge in [0.1, 0.15) is 10.8 Å². The van der Waals surface area contributed by atoms with E-state index in [1.165, 1.54) is 0 Å². The second-order valence-corrected chi connectivity index (χ2v) is 7.80. The minimum Gasteiger partial charge on any atom is -0.484 e. The third-order valence-electron chi connectivity index (χ3n) is 3.69. The Morgan fingerprint density at radius 2 is 2.00 bits per heavy atom. The summed E-state index contributed by atoms with van der Waals surface area (Å²) in [4.78, 5) is 16.3. The largest absolute Gasteiger partial charge is 0.484 e. The lowest BCUT2D eigenvalue weighted by molar-refractivity contribution is -0.123. The van der Waals surface area contributed by atoms with Crippen LogP contribution in [0.15, 0.2) is 29.6 Å². The van der Waals surface area contributed by atoms with Crippen LogP contribution in [0, 0.1) is 0 Å². The van der Waals surface area contributed by atoms with Crippen molar-refractivity contribution in [3.63, 3.8) is 0 Å². The van der Waals surface area contributed by atoms with E-state index in [1.54, 1.807) is 11.3 Å². The Hall–Kier alpha value is -1.88. The van der Waals surface area contributed by atoms with Crippen molar-refractivity contribution < 1.29 is 9.53 Å². The number of carbonyl (C=O) groups is 1. The van der Waals surface area contributed by atoms with Crippen molar-refractivity contribution in [3.05, 3.63) is 35.3 Å². The van der Waals surface area contributed by atoms with Gasteiger partial charge in [-0.05, 0) is 37.1 Å². The molecular weight excluding hydrogens is 308 g/mol. The predicted molar refractivity (Wildman–Crippen MR) is 92.9 cm³/mol. The summed E-state index contributed by atoms with van der Waals surface area (Å²) >= 11 is 1.65. The van der Waals surface area contributed by atoms with Gasteiger partial charge in [0, 0.05) is 22.4 Å². The number of nitrogens with one attached hydrogen (secondary N) is 1. The molecular formula is C18H22N2O2S. The number of amides is 1. The van der Waals surface area contributed by atoms with E-state index in [0.717, 1.165) is 29.1 Å². The van der Waals surface area contributed by atoms with E-state index in [9.17, 15) is 4.79 Å². The lowest BCUT2D eigenvalue weighted by Gasteiger charge is -2.14. The van der Waals surface area contributed by atoms with Gasteiger partial charge in [-0.2, -0.15) is 0 Å². The van der Waals surface area contributed by atoms with Crippen LogP contribution in [0.1, 0.15) is 39.3 Å². The Labute approximate surface area is 140 Å². The fourth-order valence-corrected chi connectivity index (χ4v) is 3.14. The summed E-state index contributed by atoms with van der Waals surface area (Å²) in [5.41, 5.74) is 2.24. The van der Waals surface area contributed by atoms with Crippen LogP contribution < -0.4 is 10.1 Å². The summed E-state index contributed by atoms with van der Waals surface area (Å²) in [6, 6.07) is 8.12. The van der Waals surface area contributed by atoms with Crippen LogP contribution in [-0.2, 0) is 10.2 Å². The highest BCUT2D eigenvalue weighted by Crippen LogP contribution is 2.30. The number of hydrogen-bond acceptors (Lipinski definition) is 4. The van der Waals surface area contributed by atoms with Gasteiger partial charge in [0.05, 0.1) is 5.69 Å². The fraction of sp³-hybridized carbons (Fsp3) is 0.444. The highest BCUT2D eigenvalue weighted by atomic mass is 32.1. The molecule has 5 heteroatoms. The van der Waals surface area contributed by atoms with Crippen molar-refractivity contribution in [2.45, 2.75) is 45.1 Å². The second-order valence-electron chi connectivity index (χ2n) is 6.94. The second kappa shape index (κ2) is 6.32. The number of thiazole rings is 1. The van der Waals surface area contributed by atoms with E-state index < -0.39 is 0 Å². The molecule has 1 heterocycles. The summed E-state index contributed by atoms with van der Waals surface area (Å²) in [5.74, 6) is 0.651. The zero-order valence-corrected chi connectivity index (χ0v) is 14.6. The van der Waals surface area contributed by atoms with E-state index >= 15 is 0 Å². The number of rotatable bonds is 5. The average molecular weight is 330 g/mol. The molecule has 1 aromatic heterocycles. The van der Waals surface area contributed by atoms with Crippen LogP contribution in [0.5, 0.6) is 5.75 Å². The van der Waals surface area contributed by atoms with Crippen molar-refractivity contribution >= 4 is 17.2 Å². The van der Waals surface area contributed by atoms with Crippen LogP contribution in [0.25, 0.3) is 10.6 Å². The molecule has 1 aliphatic carbocycles. The lowest BCUT2D eigenvalue weighted by atomic mass is 9.93. The molecule has 23 heavy (non-hydrogen) atoms. The molecule has 4 nitrogen and oxygen atoms in total. The first kappa shape index (κ1) is 16.0. The molecule has 1 saturated carbocycles. The number of nitrogens with zero attached hydrogens (tertiary/aromatic N) is 1. The predicted octanol–water partition coefficient (Wildman–Crippen LogP) is 3.77. The van der Waals surface area contributed by atoms with Gasteiger partial charge in [-0.15, -0.1) is 11.3 Å². The van der Waals surface area contributed by atoms with Crippen molar-refractivity contribution in [3.8, 4) is 16.3 Å². The molecule has 0 unspecified atom stereocenters. The highest BCUT2D eigenvalue weighted by Gasteiger charge is 2.23. The molecule has 1 aromatic carbocycles. The topological polar surface area (TPSA) is 51.2 Å². The Morgan fingerprint density at radius 3 is 2.57 bits per heavy atom. The molecule has 0 radical (unpaired) electrons. The van der Waals surface area contributed by atoms with Crippen LogP contribution >= 0.6 is 11.3 Å². The Morgan fingerprint density at radius 1 is 1.30 bits per heavy atom. The number of ether oxygens (including phenoxy) is 1. The number of hydrogen-bond donors (Lipinski definition) is 1. The first-order valence-electron chi connectivity index (χ1n) is 7.90. The molecule has 1 fully saturated rings. The number of carbonyl (C=O) groups excluding carboxylic acids is 1. The van der Waals surface area contributed by atoms with Crippen LogP contribution in [0.2, 0.25) is 0 Å². The third-order valence-corrected chi connectivity index (χ3v) is 4.58. The van der Waals surface area contributed by atoms with E-state index in [-0.39, 0.29) is 17.9 Å². The van der Waals surface area contributed by atoms with Gasteiger partial charge in [0.25, 0.3) is 5.91 Å². The van der Waals surface area contributed by atoms with Gasteiger partial charge in [-0.1, -0.05) is 20.8 Å². The van der Waals surface area contributed by atoms with E-state index in [4.69, 9.17) is 9.72 Å². The van der Waals surface area contributed by atoms with Gasteiger partial charge in [0.15, 0.2) is 6.61 Å². The third kappa shape index (κ3) is 4.32. The van der Waals surface area contributed by atoms with E-state index in [2.05, 4.69) is 31.5 Å².